The molecule has 0 atom stereocenters. The molecule has 1 N–H and O–H groups in total. The summed E-state index contributed by atoms with van der Waals surface area (Å²) in [7, 11) is 0. The molecule has 4 nitrogen and oxygen atoms in total. The van der Waals surface area contributed by atoms with Gasteiger partial charge in [0, 0.05) is 30.0 Å². The lowest BCUT2D eigenvalue weighted by molar-refractivity contribution is 0.299. The first-order valence-electron chi connectivity index (χ1n) is 5.27. The fourth-order valence-corrected chi connectivity index (χ4v) is 2.23. The van der Waals surface area contributed by atoms with Crippen LogP contribution in [0, 0.1) is 0 Å². The van der Waals surface area contributed by atoms with E-state index >= 15 is 0 Å². The van der Waals surface area contributed by atoms with Crippen LogP contribution in [0.25, 0.3) is 0 Å². The summed E-state index contributed by atoms with van der Waals surface area (Å²) in [5.41, 5.74) is 0. The van der Waals surface area contributed by atoms with E-state index in [1.54, 1.807) is 0 Å². The Morgan fingerprint density at radius 1 is 1.33 bits per heavy atom. The van der Waals surface area contributed by atoms with Crippen LogP contribution in [0.3, 0.4) is 0 Å². The number of hydrogen-bond acceptors (Lipinski definition) is 5. The number of aliphatic hydroxyl groups excluding tert-OH is 1. The minimum absolute atomic E-state index is 0.148. The van der Waals surface area contributed by atoms with Gasteiger partial charge in [0.15, 0.2) is 0 Å². The molecule has 0 aliphatic rings. The maximum Gasteiger partial charge on any atom is 0.205 e. The predicted octanol–water partition coefficient (Wildman–Crippen LogP) is 1.87. The summed E-state index contributed by atoms with van der Waals surface area (Å²) in [6.07, 6.45) is 0. The lowest BCUT2D eigenvalue weighted by atomic mass is 10.2. The van der Waals surface area contributed by atoms with Crippen LogP contribution < -0.4 is 4.90 Å². The predicted molar refractivity (Wildman–Crippen MR) is 63.6 cm³/mol. The van der Waals surface area contributed by atoms with Crippen LogP contribution >= 0.6 is 11.5 Å². The second kappa shape index (κ2) is 5.42. The van der Waals surface area contributed by atoms with Gasteiger partial charge in [0.1, 0.15) is 5.82 Å². The summed E-state index contributed by atoms with van der Waals surface area (Å²) >= 11 is 1.41. The fourth-order valence-electron chi connectivity index (χ4n) is 1.26. The topological polar surface area (TPSA) is 49.2 Å². The molecule has 0 saturated carbocycles. The van der Waals surface area contributed by atoms with Crippen molar-refractivity contribution in [2.45, 2.75) is 39.7 Å². The Morgan fingerprint density at radius 2 is 2.00 bits per heavy atom. The minimum atomic E-state index is 0.148. The molecule has 15 heavy (non-hydrogen) atoms. The van der Waals surface area contributed by atoms with Crippen molar-refractivity contribution in [2.24, 2.45) is 0 Å². The fraction of sp³-hybridized carbons (Fsp3) is 0.800. The number of nitrogens with zero attached hydrogens (tertiary/aromatic N) is 3. The molecule has 1 aromatic heterocycles. The van der Waals surface area contributed by atoms with E-state index in [1.807, 2.05) is 0 Å². The van der Waals surface area contributed by atoms with E-state index in [1.165, 1.54) is 11.5 Å². The minimum Gasteiger partial charge on any atom is -0.395 e. The van der Waals surface area contributed by atoms with Crippen LogP contribution in [-0.2, 0) is 0 Å². The van der Waals surface area contributed by atoms with E-state index in [9.17, 15) is 0 Å². The van der Waals surface area contributed by atoms with E-state index in [-0.39, 0.29) is 6.61 Å². The summed E-state index contributed by atoms with van der Waals surface area (Å²) in [6, 6.07) is 0.338. The molecule has 0 aliphatic heterocycles. The molecule has 0 fully saturated rings. The summed E-state index contributed by atoms with van der Waals surface area (Å²) in [5.74, 6) is 1.25. The van der Waals surface area contributed by atoms with Gasteiger partial charge in [-0.15, -0.1) is 0 Å². The largest absolute Gasteiger partial charge is 0.395 e. The second-order valence-electron chi connectivity index (χ2n) is 4.10. The van der Waals surface area contributed by atoms with Crippen molar-refractivity contribution in [3.05, 3.63) is 5.82 Å². The Bertz CT molecular complexity index is 299. The highest BCUT2D eigenvalue weighted by Crippen LogP contribution is 2.22. The normalized spacial score (nSPS) is 11.4. The maximum absolute atomic E-state index is 8.98. The van der Waals surface area contributed by atoms with Crippen LogP contribution in [0.1, 0.15) is 39.4 Å². The van der Waals surface area contributed by atoms with Crippen molar-refractivity contribution in [1.82, 2.24) is 9.36 Å². The van der Waals surface area contributed by atoms with E-state index in [0.717, 1.165) is 11.0 Å². The molecule has 5 heteroatoms. The lowest BCUT2D eigenvalue weighted by Gasteiger charge is -2.24. The highest BCUT2D eigenvalue weighted by atomic mass is 32.1. The number of anilines is 1. The zero-order chi connectivity index (χ0) is 11.4. The van der Waals surface area contributed by atoms with Crippen molar-refractivity contribution < 1.29 is 5.11 Å². The molecule has 0 radical (unpaired) electrons. The maximum atomic E-state index is 8.98. The van der Waals surface area contributed by atoms with Gasteiger partial charge in [0.05, 0.1) is 6.61 Å². The Hall–Kier alpha value is -0.680. The van der Waals surface area contributed by atoms with Gasteiger partial charge < -0.3 is 10.0 Å². The molecule has 0 amide bonds. The van der Waals surface area contributed by atoms with Crippen LogP contribution in [0.2, 0.25) is 0 Å². The van der Waals surface area contributed by atoms with Crippen molar-refractivity contribution in [1.29, 1.82) is 0 Å². The van der Waals surface area contributed by atoms with E-state index in [4.69, 9.17) is 5.11 Å². The SMILES string of the molecule is CC(C)c1nsc(N(CCO)C(C)C)n1. The molecule has 86 valence electrons. The zero-order valence-electron chi connectivity index (χ0n) is 9.77. The van der Waals surface area contributed by atoms with Crippen molar-refractivity contribution >= 4 is 16.7 Å². The highest BCUT2D eigenvalue weighted by Gasteiger charge is 2.16. The first kappa shape index (κ1) is 12.4. The third-order valence-electron chi connectivity index (χ3n) is 2.16. The van der Waals surface area contributed by atoms with Crippen molar-refractivity contribution in [3.8, 4) is 0 Å². The summed E-state index contributed by atoms with van der Waals surface area (Å²) in [4.78, 5) is 6.55. The second-order valence-corrected chi connectivity index (χ2v) is 4.83. The molecule has 0 saturated heterocycles. The average molecular weight is 229 g/mol. The van der Waals surface area contributed by atoms with Gasteiger partial charge in [-0.25, -0.2) is 4.98 Å². The van der Waals surface area contributed by atoms with E-state index in [2.05, 4.69) is 42.0 Å². The van der Waals surface area contributed by atoms with Crippen molar-refractivity contribution in [2.75, 3.05) is 18.1 Å². The first-order valence-corrected chi connectivity index (χ1v) is 6.04. The number of rotatable bonds is 5. The highest BCUT2D eigenvalue weighted by molar-refractivity contribution is 7.09. The first-order chi connectivity index (χ1) is 7.06. The molecular formula is C10H19N3OS. The third kappa shape index (κ3) is 3.14. The van der Waals surface area contributed by atoms with Crippen molar-refractivity contribution in [3.63, 3.8) is 0 Å². The van der Waals surface area contributed by atoms with Crippen LogP contribution in [0.5, 0.6) is 0 Å². The molecule has 0 aliphatic carbocycles. The zero-order valence-corrected chi connectivity index (χ0v) is 10.6. The molecule has 0 spiro atoms. The van der Waals surface area contributed by atoms with Gasteiger partial charge in [-0.3, -0.25) is 0 Å². The van der Waals surface area contributed by atoms with Gasteiger partial charge >= 0.3 is 0 Å². The quantitative estimate of drug-likeness (QED) is 0.837. The molecule has 0 bridgehead atoms. The number of aromatic nitrogens is 2. The van der Waals surface area contributed by atoms with E-state index < -0.39 is 0 Å². The number of hydrogen-bond donors (Lipinski definition) is 1. The lowest BCUT2D eigenvalue weighted by Crippen LogP contribution is -2.33. The van der Waals surface area contributed by atoms with Crippen LogP contribution in [0.15, 0.2) is 0 Å². The third-order valence-corrected chi connectivity index (χ3v) is 2.92. The van der Waals surface area contributed by atoms with Gasteiger partial charge in [-0.05, 0) is 13.8 Å². The Kier molecular flexibility index (Phi) is 4.47. The molecule has 0 aromatic carbocycles. The molecule has 1 rings (SSSR count). The Morgan fingerprint density at radius 3 is 2.40 bits per heavy atom. The van der Waals surface area contributed by atoms with Gasteiger partial charge in [-0.1, -0.05) is 13.8 Å². The standard InChI is InChI=1S/C10H19N3OS/c1-7(2)9-11-10(15-12-9)13(5-6-14)8(3)4/h7-8,14H,5-6H2,1-4H3. The summed E-state index contributed by atoms with van der Waals surface area (Å²) in [6.45, 7) is 9.10. The Balaban J connectivity index is 2.81. The van der Waals surface area contributed by atoms with Crippen LogP contribution in [-0.4, -0.2) is 33.7 Å². The van der Waals surface area contributed by atoms with E-state index in [0.29, 0.717) is 18.5 Å². The smallest absolute Gasteiger partial charge is 0.205 e. The molecular weight excluding hydrogens is 210 g/mol. The monoisotopic (exact) mass is 229 g/mol. The summed E-state index contributed by atoms with van der Waals surface area (Å²) in [5, 5.41) is 9.88. The molecule has 0 unspecified atom stereocenters. The van der Waals surface area contributed by atoms with Crippen LogP contribution in [0.4, 0.5) is 5.13 Å². The van der Waals surface area contributed by atoms with Gasteiger partial charge in [0.25, 0.3) is 0 Å². The summed E-state index contributed by atoms with van der Waals surface area (Å²) < 4.78 is 4.31. The number of aliphatic hydroxyl groups is 1. The van der Waals surface area contributed by atoms with Gasteiger partial charge in [-0.2, -0.15) is 4.37 Å². The van der Waals surface area contributed by atoms with Gasteiger partial charge in [0.2, 0.25) is 5.13 Å². The average Bonchev–Trinajstić information content (AvgIpc) is 2.62. The Labute approximate surface area is 95.1 Å². The molecule has 1 heterocycles. The molecule has 1 aromatic rings.